The van der Waals surface area contributed by atoms with E-state index in [0.29, 0.717) is 13.0 Å². The van der Waals surface area contributed by atoms with Crippen LogP contribution in [0.4, 0.5) is 5.69 Å². The Balaban J connectivity index is 2.82. The smallest absolute Gasteiger partial charge is 0.308 e. The molecular formula is C15H16N2O6. The van der Waals surface area contributed by atoms with Crippen LogP contribution in [0, 0.1) is 10.1 Å². The van der Waals surface area contributed by atoms with Gasteiger partial charge in [0, 0.05) is 31.0 Å². The van der Waals surface area contributed by atoms with Crippen LogP contribution in [0.2, 0.25) is 0 Å². The Kier molecular flexibility index (Phi) is 4.63. The number of non-ortho nitro benzene ring substituents is 1. The van der Waals surface area contributed by atoms with E-state index in [0.717, 1.165) is 13.3 Å². The highest BCUT2D eigenvalue weighted by Crippen LogP contribution is 2.33. The Morgan fingerprint density at radius 1 is 1.43 bits per heavy atom. The van der Waals surface area contributed by atoms with Crippen molar-refractivity contribution in [2.45, 2.75) is 33.2 Å². The lowest BCUT2D eigenvalue weighted by molar-refractivity contribution is -0.384. The number of nitrogens with zero attached hydrogens (tertiary/aromatic N) is 2. The lowest BCUT2D eigenvalue weighted by Gasteiger charge is -2.14. The number of aromatic hydroxyl groups is 1. The second-order valence-electron chi connectivity index (χ2n) is 5.04. The van der Waals surface area contributed by atoms with Crippen LogP contribution in [-0.2, 0) is 11.3 Å². The van der Waals surface area contributed by atoms with E-state index in [4.69, 9.17) is 4.74 Å². The molecule has 0 unspecified atom stereocenters. The lowest BCUT2D eigenvalue weighted by Crippen LogP contribution is -2.24. The first-order valence-corrected chi connectivity index (χ1v) is 7.09. The van der Waals surface area contributed by atoms with Gasteiger partial charge in [-0.05, 0) is 12.5 Å². The minimum absolute atomic E-state index is 0.193. The molecule has 122 valence electrons. The fourth-order valence-electron chi connectivity index (χ4n) is 2.29. The first-order chi connectivity index (χ1) is 10.9. The van der Waals surface area contributed by atoms with Gasteiger partial charge < -0.3 is 14.4 Å². The molecule has 1 N–H and O–H groups in total. The van der Waals surface area contributed by atoms with Gasteiger partial charge in [-0.3, -0.25) is 19.7 Å². The molecule has 0 radical (unpaired) electrons. The van der Waals surface area contributed by atoms with Gasteiger partial charge in [-0.15, -0.1) is 0 Å². The van der Waals surface area contributed by atoms with E-state index in [2.05, 4.69) is 0 Å². The number of nitro groups is 1. The van der Waals surface area contributed by atoms with Crippen LogP contribution in [0.5, 0.6) is 11.5 Å². The van der Waals surface area contributed by atoms with E-state index in [1.54, 1.807) is 0 Å². The summed E-state index contributed by atoms with van der Waals surface area (Å²) >= 11 is 0. The van der Waals surface area contributed by atoms with Gasteiger partial charge in [0.15, 0.2) is 5.75 Å². The largest absolute Gasteiger partial charge is 0.504 e. The van der Waals surface area contributed by atoms with Crippen molar-refractivity contribution >= 4 is 22.6 Å². The number of ether oxygens (including phenoxy) is 1. The number of rotatable bonds is 5. The predicted molar refractivity (Wildman–Crippen MR) is 82.7 cm³/mol. The van der Waals surface area contributed by atoms with Crippen molar-refractivity contribution in [3.05, 3.63) is 38.7 Å². The molecule has 8 heteroatoms. The predicted octanol–water partition coefficient (Wildman–Crippen LogP) is 2.34. The van der Waals surface area contributed by atoms with Gasteiger partial charge in [0.1, 0.15) is 0 Å². The fourth-order valence-corrected chi connectivity index (χ4v) is 2.29. The molecule has 8 nitrogen and oxygen atoms in total. The summed E-state index contributed by atoms with van der Waals surface area (Å²) in [5.41, 5.74) is -0.660. The summed E-state index contributed by atoms with van der Waals surface area (Å²) in [6.07, 6.45) is 1.45. The molecule has 0 atom stereocenters. The number of pyridine rings is 1. The van der Waals surface area contributed by atoms with Gasteiger partial charge in [-0.25, -0.2) is 0 Å². The quantitative estimate of drug-likeness (QED) is 0.514. The molecule has 2 rings (SSSR count). The van der Waals surface area contributed by atoms with Gasteiger partial charge in [0.25, 0.3) is 11.2 Å². The molecule has 0 aliphatic rings. The number of unbranched alkanes of at least 4 members (excludes halogenated alkanes) is 1. The van der Waals surface area contributed by atoms with Gasteiger partial charge >= 0.3 is 5.97 Å². The molecule has 0 spiro atoms. The summed E-state index contributed by atoms with van der Waals surface area (Å²) in [7, 11) is 0. The summed E-state index contributed by atoms with van der Waals surface area (Å²) in [5, 5.41) is 21.3. The number of carbonyl (C=O) groups excluding carboxylic acids is 1. The SMILES string of the molecule is CCCCn1c(=O)c(OC(C)=O)c(O)c2ccc([N+](=O)[O-])cc21. The van der Waals surface area contributed by atoms with Gasteiger partial charge in [0.05, 0.1) is 10.4 Å². The Morgan fingerprint density at radius 3 is 2.70 bits per heavy atom. The molecule has 1 heterocycles. The van der Waals surface area contributed by atoms with E-state index in [1.165, 1.54) is 22.8 Å². The number of carbonyl (C=O) groups is 1. The van der Waals surface area contributed by atoms with E-state index in [1.807, 2.05) is 6.92 Å². The molecule has 0 bridgehead atoms. The standard InChI is InChI=1S/C15H16N2O6/c1-3-4-7-16-12-8-10(17(21)22)5-6-11(12)13(19)14(15(16)20)23-9(2)18/h5-6,8,19H,3-4,7H2,1-2H3. The first-order valence-electron chi connectivity index (χ1n) is 7.09. The van der Waals surface area contributed by atoms with E-state index in [9.17, 15) is 24.8 Å². The Labute approximate surface area is 131 Å². The molecule has 1 aromatic carbocycles. The third-order valence-electron chi connectivity index (χ3n) is 3.37. The highest BCUT2D eigenvalue weighted by atomic mass is 16.6. The van der Waals surface area contributed by atoms with Crippen molar-refractivity contribution in [1.82, 2.24) is 4.57 Å². The highest BCUT2D eigenvalue weighted by molar-refractivity contribution is 5.90. The number of aryl methyl sites for hydroxylation is 1. The minimum Gasteiger partial charge on any atom is -0.504 e. The van der Waals surface area contributed by atoms with Crippen LogP contribution >= 0.6 is 0 Å². The van der Waals surface area contributed by atoms with E-state index < -0.39 is 28.0 Å². The highest BCUT2D eigenvalue weighted by Gasteiger charge is 2.20. The summed E-state index contributed by atoms with van der Waals surface area (Å²) in [6, 6.07) is 3.77. The maximum Gasteiger partial charge on any atom is 0.308 e. The molecule has 1 aromatic heterocycles. The molecule has 23 heavy (non-hydrogen) atoms. The van der Waals surface area contributed by atoms with Crippen molar-refractivity contribution in [2.24, 2.45) is 0 Å². The Morgan fingerprint density at radius 2 is 2.13 bits per heavy atom. The van der Waals surface area contributed by atoms with E-state index in [-0.39, 0.29) is 16.6 Å². The first kappa shape index (κ1) is 16.5. The van der Waals surface area contributed by atoms with Crippen molar-refractivity contribution in [2.75, 3.05) is 0 Å². The number of esters is 1. The molecule has 0 amide bonds. The van der Waals surface area contributed by atoms with Crippen LogP contribution in [0.3, 0.4) is 0 Å². The molecule has 0 aliphatic heterocycles. The Bertz CT molecular complexity index is 840. The van der Waals surface area contributed by atoms with Crippen LogP contribution < -0.4 is 10.3 Å². The average molecular weight is 320 g/mol. The second kappa shape index (κ2) is 6.47. The number of aromatic nitrogens is 1. The van der Waals surface area contributed by atoms with Crippen molar-refractivity contribution < 1.29 is 19.6 Å². The van der Waals surface area contributed by atoms with Crippen LogP contribution in [0.25, 0.3) is 10.9 Å². The van der Waals surface area contributed by atoms with Gasteiger partial charge in [-0.2, -0.15) is 0 Å². The van der Waals surface area contributed by atoms with E-state index >= 15 is 0 Å². The zero-order valence-electron chi connectivity index (χ0n) is 12.7. The zero-order valence-corrected chi connectivity index (χ0v) is 12.7. The molecule has 2 aromatic rings. The van der Waals surface area contributed by atoms with Crippen LogP contribution in [0.15, 0.2) is 23.0 Å². The van der Waals surface area contributed by atoms with Crippen molar-refractivity contribution in [3.63, 3.8) is 0 Å². The maximum absolute atomic E-state index is 12.5. The van der Waals surface area contributed by atoms with Crippen LogP contribution in [-0.4, -0.2) is 20.6 Å². The molecule has 0 saturated heterocycles. The van der Waals surface area contributed by atoms with Gasteiger partial charge in [-0.1, -0.05) is 13.3 Å². The molecule has 0 fully saturated rings. The third-order valence-corrected chi connectivity index (χ3v) is 3.37. The number of hydrogen-bond acceptors (Lipinski definition) is 6. The average Bonchev–Trinajstić information content (AvgIpc) is 2.50. The van der Waals surface area contributed by atoms with Crippen molar-refractivity contribution in [3.8, 4) is 11.5 Å². The Hall–Kier alpha value is -2.90. The third kappa shape index (κ3) is 3.15. The van der Waals surface area contributed by atoms with Crippen LogP contribution in [0.1, 0.15) is 26.7 Å². The summed E-state index contributed by atoms with van der Waals surface area (Å²) in [4.78, 5) is 34.0. The number of fused-ring (bicyclic) bond motifs is 1. The monoisotopic (exact) mass is 320 g/mol. The van der Waals surface area contributed by atoms with Crippen molar-refractivity contribution in [1.29, 1.82) is 0 Å². The number of hydrogen-bond donors (Lipinski definition) is 1. The fraction of sp³-hybridized carbons (Fsp3) is 0.333. The summed E-state index contributed by atoms with van der Waals surface area (Å²) in [6.45, 7) is 3.35. The number of nitro benzene ring substituents is 1. The molecular weight excluding hydrogens is 304 g/mol. The summed E-state index contributed by atoms with van der Waals surface area (Å²) < 4.78 is 6.11. The normalized spacial score (nSPS) is 10.7. The van der Waals surface area contributed by atoms with Gasteiger partial charge in [0.2, 0.25) is 5.75 Å². The minimum atomic E-state index is -0.735. The number of benzene rings is 1. The maximum atomic E-state index is 12.5. The summed E-state index contributed by atoms with van der Waals surface area (Å²) in [5.74, 6) is -1.70. The zero-order chi connectivity index (χ0) is 17.1. The molecule has 0 saturated carbocycles. The molecule has 0 aliphatic carbocycles. The lowest BCUT2D eigenvalue weighted by atomic mass is 10.1. The topological polar surface area (TPSA) is 112 Å². The second-order valence-corrected chi connectivity index (χ2v) is 5.04.